The molecule has 81 heavy (non-hydrogen) atoms. The number of ether oxygens (including phenoxy) is 1. The van der Waals surface area contributed by atoms with Crippen molar-refractivity contribution in [2.75, 3.05) is 59.0 Å². The Morgan fingerprint density at radius 1 is 0.827 bits per heavy atom. The van der Waals surface area contributed by atoms with E-state index < -0.39 is 48.8 Å². The van der Waals surface area contributed by atoms with Gasteiger partial charge in [0.15, 0.2) is 5.82 Å². The summed E-state index contributed by atoms with van der Waals surface area (Å²) in [4.78, 5) is 90.6. The van der Waals surface area contributed by atoms with Crippen molar-refractivity contribution in [3.8, 4) is 16.1 Å². The van der Waals surface area contributed by atoms with Gasteiger partial charge in [0.05, 0.1) is 60.7 Å². The first-order valence-corrected chi connectivity index (χ1v) is 28.4. The van der Waals surface area contributed by atoms with Gasteiger partial charge in [0.1, 0.15) is 35.8 Å². The van der Waals surface area contributed by atoms with E-state index in [1.165, 1.54) is 10.7 Å². The number of nitrogens with zero attached hydrogens (tertiary/aromatic N) is 11. The van der Waals surface area contributed by atoms with Crippen LogP contribution in [0.1, 0.15) is 89.4 Å². The first-order valence-electron chi connectivity index (χ1n) is 27.2. The fourth-order valence-electron chi connectivity index (χ4n) is 11.7. The molecule has 0 aliphatic carbocycles. The molecule has 4 aromatic heterocycles. The van der Waals surface area contributed by atoms with Crippen LogP contribution in [-0.4, -0.2) is 160 Å². The zero-order chi connectivity index (χ0) is 56.8. The van der Waals surface area contributed by atoms with E-state index in [4.69, 9.17) is 31.5 Å². The van der Waals surface area contributed by atoms with Crippen LogP contribution in [0.2, 0.25) is 5.02 Å². The summed E-state index contributed by atoms with van der Waals surface area (Å²) in [5.74, 6) is -2.21. The van der Waals surface area contributed by atoms with Gasteiger partial charge in [0.2, 0.25) is 29.5 Å². The number of aliphatic carboxylic acids is 1. The number of aryl methyl sites for hydroxylation is 3. The van der Waals surface area contributed by atoms with Crippen molar-refractivity contribution in [2.45, 2.75) is 83.9 Å². The van der Waals surface area contributed by atoms with Gasteiger partial charge in [0.25, 0.3) is 0 Å². The highest BCUT2D eigenvalue weighted by molar-refractivity contribution is 7.15. The van der Waals surface area contributed by atoms with Crippen LogP contribution < -0.4 is 10.6 Å². The van der Waals surface area contributed by atoms with Crippen molar-refractivity contribution in [3.63, 3.8) is 0 Å². The summed E-state index contributed by atoms with van der Waals surface area (Å²) in [6.07, 6.45) is 3.32. The predicted molar refractivity (Wildman–Crippen MR) is 300 cm³/mol. The van der Waals surface area contributed by atoms with Gasteiger partial charge in [-0.2, -0.15) is 10.2 Å². The van der Waals surface area contributed by atoms with E-state index in [-0.39, 0.29) is 55.5 Å². The first-order chi connectivity index (χ1) is 39.0. The van der Waals surface area contributed by atoms with Crippen molar-refractivity contribution < 1.29 is 43.0 Å². The van der Waals surface area contributed by atoms with Crippen LogP contribution in [0, 0.1) is 32.5 Å². The Morgan fingerprint density at radius 3 is 2.28 bits per heavy atom. The normalized spacial score (nSPS) is 17.9. The molecule has 0 radical (unpaired) electrons. The molecule has 2 atom stereocenters. The van der Waals surface area contributed by atoms with Crippen molar-refractivity contribution in [1.82, 2.24) is 59.7 Å². The average Bonchev–Trinajstić information content (AvgIpc) is 3.69. The Kier molecular flexibility index (Phi) is 15.6. The summed E-state index contributed by atoms with van der Waals surface area (Å²) >= 11 is 7.96. The lowest BCUT2D eigenvalue weighted by atomic mass is 9.88. The molecule has 3 N–H and O–H groups in total. The van der Waals surface area contributed by atoms with Gasteiger partial charge < -0.3 is 35.2 Å². The zero-order valence-corrected chi connectivity index (χ0v) is 46.9. The maximum atomic E-state index is 16.1. The second-order valence-electron chi connectivity index (χ2n) is 21.2. The number of halogens is 2. The smallest absolute Gasteiger partial charge is 0.322 e. The third kappa shape index (κ3) is 11.2. The van der Waals surface area contributed by atoms with Gasteiger partial charge in [-0.05, 0) is 87.9 Å². The fraction of sp³-hybridized carbons (Fsp3) is 0.421. The van der Waals surface area contributed by atoms with Crippen LogP contribution in [0.15, 0.2) is 65.8 Å². The van der Waals surface area contributed by atoms with E-state index in [2.05, 4.69) is 39.8 Å². The number of morpholine rings is 1. The molecule has 8 heterocycles. The number of piperidine rings is 2. The Bertz CT molecular complexity index is 3670. The zero-order valence-electron chi connectivity index (χ0n) is 45.3. The second kappa shape index (κ2) is 22.9. The lowest BCUT2D eigenvalue weighted by Crippen LogP contribution is -2.51. The number of aromatic nitrogens is 7. The molecular weight excluding hydrogens is 1080 g/mol. The minimum absolute atomic E-state index is 0.00473. The predicted octanol–water partition coefficient (Wildman–Crippen LogP) is 5.81. The monoisotopic (exact) mass is 1140 g/mol. The molecule has 11 rings (SSSR count). The van der Waals surface area contributed by atoms with E-state index in [0.717, 1.165) is 37.8 Å². The van der Waals surface area contributed by atoms with Crippen LogP contribution in [0.3, 0.4) is 0 Å². The van der Waals surface area contributed by atoms with Gasteiger partial charge >= 0.3 is 5.97 Å². The minimum atomic E-state index is -1.22. The lowest BCUT2D eigenvalue weighted by molar-refractivity contribution is -0.149. The maximum absolute atomic E-state index is 16.1. The molecule has 24 heteroatoms. The summed E-state index contributed by atoms with van der Waals surface area (Å²) in [6, 6.07) is 15.5. The van der Waals surface area contributed by atoms with Crippen LogP contribution in [0.4, 0.5) is 4.39 Å². The van der Waals surface area contributed by atoms with Crippen LogP contribution in [0.5, 0.6) is 0 Å². The number of thiophene rings is 1. The average molecular weight is 1140 g/mol. The minimum Gasteiger partial charge on any atom is -0.480 e. The molecule has 7 aromatic rings. The number of aliphatic imine (C=N–C) groups is 1. The largest absolute Gasteiger partial charge is 0.480 e. The number of likely N-dealkylation sites (tertiary alicyclic amines) is 2. The van der Waals surface area contributed by atoms with Crippen molar-refractivity contribution in [1.29, 1.82) is 0 Å². The lowest BCUT2D eigenvalue weighted by Gasteiger charge is -2.38. The quantitative estimate of drug-likeness (QED) is 0.117. The first kappa shape index (κ1) is 55.0. The molecule has 422 valence electrons. The number of hydrogen-bond donors (Lipinski definition) is 3. The number of amides is 5. The number of benzene rings is 3. The number of nitrogens with one attached hydrogen (secondary N) is 2. The van der Waals surface area contributed by atoms with Crippen LogP contribution >= 0.6 is 22.9 Å². The van der Waals surface area contributed by atoms with Gasteiger partial charge in [-0.25, -0.2) is 4.39 Å². The molecule has 1 unspecified atom stereocenters. The third-order valence-corrected chi connectivity index (χ3v) is 17.6. The van der Waals surface area contributed by atoms with Crippen LogP contribution in [-0.2, 0) is 47.1 Å². The van der Waals surface area contributed by atoms with E-state index >= 15 is 4.39 Å². The molecule has 5 amide bonds. The highest BCUT2D eigenvalue weighted by Crippen LogP contribution is 2.42. The van der Waals surface area contributed by atoms with Crippen molar-refractivity contribution in [2.24, 2.45) is 18.0 Å². The topological polar surface area (TPSA) is 244 Å². The van der Waals surface area contributed by atoms with Gasteiger partial charge in [0, 0.05) is 95.5 Å². The SMILES string of the molecule is Cc1sc2c(c1C)C(c1ccc(Cl)cc1)=N[C@@H](CC(=O)N1CCC(C(=O)N3CCOC(CC(=O)N4CCC(c5nn(CC(=O)NCC(=O)NCC(=O)O)c6cccc(-c7cc8c(cnn8C)cc7F)c56)CC4)C3)CC1)c1nnc(C)n1-2. The van der Waals surface area contributed by atoms with Crippen molar-refractivity contribution in [3.05, 3.63) is 111 Å². The Morgan fingerprint density at radius 2 is 1.54 bits per heavy atom. The molecule has 21 nitrogen and oxygen atoms in total. The Balaban J connectivity index is 0.718. The van der Waals surface area contributed by atoms with Crippen LogP contribution in [0.25, 0.3) is 37.9 Å². The third-order valence-electron chi connectivity index (χ3n) is 16.1. The maximum Gasteiger partial charge on any atom is 0.322 e. The highest BCUT2D eigenvalue weighted by atomic mass is 35.5. The molecule has 3 fully saturated rings. The van der Waals surface area contributed by atoms with E-state index in [1.54, 1.807) is 57.3 Å². The van der Waals surface area contributed by atoms with E-state index in [1.807, 2.05) is 46.7 Å². The summed E-state index contributed by atoms with van der Waals surface area (Å²) in [5.41, 5.74) is 6.60. The van der Waals surface area contributed by atoms with E-state index in [0.29, 0.717) is 115 Å². The number of carbonyl (C=O) groups excluding carboxylic acids is 5. The highest BCUT2D eigenvalue weighted by Gasteiger charge is 2.38. The van der Waals surface area contributed by atoms with Gasteiger partial charge in [-0.15, -0.1) is 21.5 Å². The van der Waals surface area contributed by atoms with E-state index in [9.17, 15) is 28.8 Å². The van der Waals surface area contributed by atoms with Gasteiger partial charge in [-0.1, -0.05) is 35.9 Å². The number of carbonyl (C=O) groups is 6. The molecule has 0 saturated carbocycles. The molecule has 4 aliphatic rings. The number of hydrogen-bond acceptors (Lipinski definition) is 13. The summed E-state index contributed by atoms with van der Waals surface area (Å²) in [5, 5.41) is 34.8. The molecule has 4 aliphatic heterocycles. The number of carboxylic acid groups (broad SMARTS) is 1. The number of fused-ring (bicyclic) bond motifs is 5. The molecular formula is C57H61ClFN13O8S. The Hall–Kier alpha value is -7.89. The summed E-state index contributed by atoms with van der Waals surface area (Å²) in [7, 11) is 1.78. The fourth-order valence-corrected chi connectivity index (χ4v) is 13.0. The second-order valence-corrected chi connectivity index (χ2v) is 22.9. The molecule has 3 aromatic carbocycles. The molecule has 3 saturated heterocycles. The summed E-state index contributed by atoms with van der Waals surface area (Å²) in [6.45, 7) is 7.38. The Labute approximate surface area is 474 Å². The molecule has 0 spiro atoms. The summed E-state index contributed by atoms with van der Waals surface area (Å²) < 4.78 is 27.4. The number of rotatable bonds is 14. The standard InChI is InChI=1S/C57H61ClFN13O8S/c1-31-32(2)81-57-51(31)53(34-8-10-38(58)11-9-34)63-43(55-65-64-33(3)72(55)57)25-49(76)69-18-14-36(15-19-69)56(79)70-20-21-80-39(29-70)23-48(75)68-16-12-35(13-17-68)54-52-40(41-24-45-37(22-42(41)59)26-62-67(45)4)6-5-7-44(52)71(66-54)30-47(74)60-27-46(73)61-28-50(77)78/h5-11,22,24,26,35-36,39,43H,12-21,23,25,27-30H2,1-4H3,(H,60,74)(H,61,73)(H,77,78)/t39?,43-/m0/s1. The molecule has 0 bridgehead atoms. The number of carboxylic acids is 1. The van der Waals surface area contributed by atoms with Crippen molar-refractivity contribution >= 4 is 86.0 Å². The van der Waals surface area contributed by atoms with Gasteiger partial charge in [-0.3, -0.25) is 47.7 Å².